The molecule has 3 nitrogen and oxygen atoms in total. The number of nitrogens with two attached hydrogens (primary N) is 1. The Balaban J connectivity index is 2.40. The van der Waals surface area contributed by atoms with Gasteiger partial charge in [0.1, 0.15) is 5.75 Å². The third kappa shape index (κ3) is 3.77. The molecular formula is C16H17BrClNO2. The second-order valence-corrected chi connectivity index (χ2v) is 6.08. The van der Waals surface area contributed by atoms with Crippen LogP contribution >= 0.6 is 27.5 Å². The second kappa shape index (κ2) is 7.27. The molecule has 0 spiro atoms. The van der Waals surface area contributed by atoms with Crippen LogP contribution in [-0.4, -0.2) is 18.8 Å². The molecule has 3 N–H and O–H groups in total. The van der Waals surface area contributed by atoms with Crippen molar-refractivity contribution in [2.24, 2.45) is 5.73 Å². The Morgan fingerprint density at radius 1 is 1.29 bits per heavy atom. The fourth-order valence-electron chi connectivity index (χ4n) is 2.38. The molecule has 0 aliphatic carbocycles. The van der Waals surface area contributed by atoms with Gasteiger partial charge < -0.3 is 15.6 Å². The zero-order valence-corrected chi connectivity index (χ0v) is 13.9. The summed E-state index contributed by atoms with van der Waals surface area (Å²) < 4.78 is 6.18. The molecule has 0 aromatic heterocycles. The zero-order chi connectivity index (χ0) is 15.4. The number of aliphatic hydroxyl groups is 1. The van der Waals surface area contributed by atoms with E-state index >= 15 is 0 Å². The topological polar surface area (TPSA) is 55.5 Å². The van der Waals surface area contributed by atoms with Crippen LogP contribution < -0.4 is 10.5 Å². The molecule has 0 aliphatic heterocycles. The number of benzene rings is 2. The lowest BCUT2D eigenvalue weighted by Gasteiger charge is -2.24. The van der Waals surface area contributed by atoms with Crippen LogP contribution in [0.1, 0.15) is 23.1 Å². The summed E-state index contributed by atoms with van der Waals surface area (Å²) in [5.74, 6) is 0.444. The second-order valence-electron chi connectivity index (χ2n) is 4.73. The maximum atomic E-state index is 10.7. The Kier molecular flexibility index (Phi) is 5.65. The van der Waals surface area contributed by atoms with Crippen molar-refractivity contribution in [2.75, 3.05) is 13.7 Å². The van der Waals surface area contributed by atoms with Crippen molar-refractivity contribution in [1.82, 2.24) is 0 Å². The summed E-state index contributed by atoms with van der Waals surface area (Å²) in [6, 6.07) is 12.9. The molecule has 2 unspecified atom stereocenters. The van der Waals surface area contributed by atoms with Crippen molar-refractivity contribution < 1.29 is 9.84 Å². The molecule has 112 valence electrons. The van der Waals surface area contributed by atoms with Gasteiger partial charge in [-0.3, -0.25) is 0 Å². The lowest BCUT2D eigenvalue weighted by atomic mass is 9.88. The molecule has 0 radical (unpaired) electrons. The predicted octanol–water partition coefficient (Wildman–Crippen LogP) is 3.89. The SMILES string of the molecule is COc1ccccc1C(CN)C(O)c1cc(Cl)cc(Br)c1. The van der Waals surface area contributed by atoms with Gasteiger partial charge in [-0.2, -0.15) is 0 Å². The van der Waals surface area contributed by atoms with Gasteiger partial charge in [0.25, 0.3) is 0 Å². The van der Waals surface area contributed by atoms with Gasteiger partial charge >= 0.3 is 0 Å². The molecule has 2 aromatic carbocycles. The first-order chi connectivity index (χ1) is 10.1. The first-order valence-corrected chi connectivity index (χ1v) is 7.71. The molecule has 2 atom stereocenters. The van der Waals surface area contributed by atoms with Crippen LogP contribution in [0.5, 0.6) is 5.75 Å². The number of rotatable bonds is 5. The van der Waals surface area contributed by atoms with Gasteiger partial charge in [0.05, 0.1) is 13.2 Å². The lowest BCUT2D eigenvalue weighted by Crippen LogP contribution is -2.20. The zero-order valence-electron chi connectivity index (χ0n) is 11.6. The van der Waals surface area contributed by atoms with Crippen LogP contribution in [0, 0.1) is 0 Å². The fourth-order valence-corrected chi connectivity index (χ4v) is 3.26. The van der Waals surface area contributed by atoms with E-state index in [0.29, 0.717) is 17.3 Å². The normalized spacial score (nSPS) is 13.8. The largest absolute Gasteiger partial charge is 0.496 e. The van der Waals surface area contributed by atoms with Crippen molar-refractivity contribution in [3.63, 3.8) is 0 Å². The molecule has 0 amide bonds. The number of halogens is 2. The Labute approximate surface area is 137 Å². The van der Waals surface area contributed by atoms with Crippen molar-refractivity contribution >= 4 is 27.5 Å². The summed E-state index contributed by atoms with van der Waals surface area (Å²) in [7, 11) is 1.61. The minimum absolute atomic E-state index is 0.272. The first-order valence-electron chi connectivity index (χ1n) is 6.54. The Morgan fingerprint density at radius 2 is 2.00 bits per heavy atom. The van der Waals surface area contributed by atoms with Crippen molar-refractivity contribution in [3.05, 3.63) is 63.1 Å². The summed E-state index contributed by atoms with van der Waals surface area (Å²) in [6.07, 6.45) is -0.763. The Bertz CT molecular complexity index is 601. The van der Waals surface area contributed by atoms with Gasteiger partial charge in [0, 0.05) is 27.5 Å². The highest BCUT2D eigenvalue weighted by Crippen LogP contribution is 2.36. The highest BCUT2D eigenvalue weighted by Gasteiger charge is 2.24. The Morgan fingerprint density at radius 3 is 2.62 bits per heavy atom. The van der Waals surface area contributed by atoms with Gasteiger partial charge in [0.15, 0.2) is 0 Å². The van der Waals surface area contributed by atoms with E-state index in [-0.39, 0.29) is 5.92 Å². The van der Waals surface area contributed by atoms with Crippen molar-refractivity contribution in [1.29, 1.82) is 0 Å². The van der Waals surface area contributed by atoms with Crippen LogP contribution in [0.3, 0.4) is 0 Å². The molecule has 0 heterocycles. The molecular weight excluding hydrogens is 354 g/mol. The molecule has 0 saturated carbocycles. The molecule has 0 aliphatic rings. The molecule has 0 saturated heterocycles. The van der Waals surface area contributed by atoms with Crippen LogP contribution in [0.25, 0.3) is 0 Å². The average Bonchev–Trinajstić information content (AvgIpc) is 2.47. The fraction of sp³-hybridized carbons (Fsp3) is 0.250. The molecule has 0 fully saturated rings. The molecule has 2 rings (SSSR count). The van der Waals surface area contributed by atoms with Gasteiger partial charge in [-0.15, -0.1) is 0 Å². The molecule has 2 aromatic rings. The summed E-state index contributed by atoms with van der Waals surface area (Å²) in [5.41, 5.74) is 7.48. The lowest BCUT2D eigenvalue weighted by molar-refractivity contribution is 0.146. The molecule has 21 heavy (non-hydrogen) atoms. The van der Waals surface area contributed by atoms with Gasteiger partial charge in [0.2, 0.25) is 0 Å². The maximum Gasteiger partial charge on any atom is 0.122 e. The predicted molar refractivity (Wildman–Crippen MR) is 88.9 cm³/mol. The smallest absolute Gasteiger partial charge is 0.122 e. The minimum Gasteiger partial charge on any atom is -0.496 e. The standard InChI is InChI=1S/C16H17BrClNO2/c1-21-15-5-3-2-4-13(15)14(9-19)16(20)10-6-11(17)8-12(18)7-10/h2-8,14,16,20H,9,19H2,1H3. The Hall–Kier alpha value is -1.07. The summed E-state index contributed by atoms with van der Waals surface area (Å²) >= 11 is 9.43. The van der Waals surface area contributed by atoms with Crippen molar-refractivity contribution in [2.45, 2.75) is 12.0 Å². The molecule has 0 bridgehead atoms. The average molecular weight is 371 g/mol. The van der Waals surface area contributed by atoms with E-state index in [4.69, 9.17) is 22.1 Å². The number of hydrogen-bond acceptors (Lipinski definition) is 3. The van der Waals surface area contributed by atoms with E-state index in [0.717, 1.165) is 15.6 Å². The molecule has 5 heteroatoms. The summed E-state index contributed by atoms with van der Waals surface area (Å²) in [6.45, 7) is 0.297. The number of aliphatic hydroxyl groups excluding tert-OH is 1. The van der Waals surface area contributed by atoms with E-state index in [1.807, 2.05) is 30.3 Å². The van der Waals surface area contributed by atoms with Crippen molar-refractivity contribution in [3.8, 4) is 5.75 Å². The van der Waals surface area contributed by atoms with Crippen LogP contribution in [0.2, 0.25) is 5.02 Å². The third-order valence-electron chi connectivity index (χ3n) is 3.40. The third-order valence-corrected chi connectivity index (χ3v) is 4.08. The number of methoxy groups -OCH3 is 1. The van der Waals surface area contributed by atoms with Crippen LogP contribution in [0.15, 0.2) is 46.9 Å². The van der Waals surface area contributed by atoms with E-state index in [1.54, 1.807) is 19.2 Å². The van der Waals surface area contributed by atoms with Gasteiger partial charge in [-0.25, -0.2) is 0 Å². The van der Waals surface area contributed by atoms with Gasteiger partial charge in [-0.1, -0.05) is 45.7 Å². The van der Waals surface area contributed by atoms with E-state index in [9.17, 15) is 5.11 Å². The van der Waals surface area contributed by atoms with Gasteiger partial charge in [-0.05, 0) is 29.8 Å². The van der Waals surface area contributed by atoms with Crippen LogP contribution in [0.4, 0.5) is 0 Å². The highest BCUT2D eigenvalue weighted by molar-refractivity contribution is 9.10. The van der Waals surface area contributed by atoms with E-state index in [1.165, 1.54) is 0 Å². The van der Waals surface area contributed by atoms with E-state index < -0.39 is 6.10 Å². The monoisotopic (exact) mass is 369 g/mol. The summed E-state index contributed by atoms with van der Waals surface area (Å²) in [4.78, 5) is 0. The van der Waals surface area contributed by atoms with Crippen LogP contribution in [-0.2, 0) is 0 Å². The maximum absolute atomic E-state index is 10.7. The summed E-state index contributed by atoms with van der Waals surface area (Å²) in [5, 5.41) is 11.3. The number of ether oxygens (including phenoxy) is 1. The minimum atomic E-state index is -0.763. The quantitative estimate of drug-likeness (QED) is 0.839. The highest BCUT2D eigenvalue weighted by atomic mass is 79.9. The van der Waals surface area contributed by atoms with E-state index in [2.05, 4.69) is 15.9 Å². The number of hydrogen-bond donors (Lipinski definition) is 2. The number of para-hydroxylation sites is 1. The first kappa shape index (κ1) is 16.3.